The van der Waals surface area contributed by atoms with E-state index in [0.717, 1.165) is 12.8 Å². The average Bonchev–Trinajstić information content (AvgIpc) is 3.07. The molecule has 0 atom stereocenters. The maximum Gasteiger partial charge on any atom is 0.268 e. The molecule has 0 N–H and O–H groups in total. The summed E-state index contributed by atoms with van der Waals surface area (Å²) in [5.41, 5.74) is -0.229. The highest BCUT2D eigenvalue weighted by molar-refractivity contribution is 9.10. The van der Waals surface area contributed by atoms with E-state index >= 15 is 0 Å². The van der Waals surface area contributed by atoms with Crippen molar-refractivity contribution in [2.75, 3.05) is 7.05 Å². The van der Waals surface area contributed by atoms with E-state index in [-0.39, 0.29) is 18.0 Å². The number of rotatable bonds is 3. The third kappa shape index (κ3) is 2.32. The van der Waals surface area contributed by atoms with Gasteiger partial charge in [-0.25, -0.2) is 4.98 Å². The molecule has 0 radical (unpaired) electrons. The van der Waals surface area contributed by atoms with E-state index < -0.39 is 0 Å². The van der Waals surface area contributed by atoms with Gasteiger partial charge in [-0.2, -0.15) is 0 Å². The van der Waals surface area contributed by atoms with Gasteiger partial charge in [-0.3, -0.25) is 14.2 Å². The lowest BCUT2D eigenvalue weighted by atomic mass is 10.4. The molecule has 0 bridgehead atoms. The Labute approximate surface area is 101 Å². The van der Waals surface area contributed by atoms with Crippen LogP contribution in [0, 0.1) is 0 Å². The zero-order valence-electron chi connectivity index (χ0n) is 8.89. The standard InChI is InChI=1S/C10H12BrN3O2/c1-13(7-2-3-7)9(15)5-14-6-12-4-8(11)10(14)16/h4,6-7H,2-3,5H2,1H3. The van der Waals surface area contributed by atoms with Crippen LogP contribution in [-0.2, 0) is 11.3 Å². The molecule has 0 aromatic carbocycles. The van der Waals surface area contributed by atoms with Crippen LogP contribution in [0.25, 0.3) is 0 Å². The van der Waals surface area contributed by atoms with Gasteiger partial charge in [-0.05, 0) is 28.8 Å². The molecule has 0 unspecified atom stereocenters. The zero-order chi connectivity index (χ0) is 11.7. The summed E-state index contributed by atoms with van der Waals surface area (Å²) < 4.78 is 1.68. The van der Waals surface area contributed by atoms with Crippen molar-refractivity contribution in [3.63, 3.8) is 0 Å². The van der Waals surface area contributed by atoms with E-state index in [9.17, 15) is 9.59 Å². The molecule has 1 heterocycles. The van der Waals surface area contributed by atoms with E-state index in [2.05, 4.69) is 20.9 Å². The molecule has 1 aliphatic carbocycles. The van der Waals surface area contributed by atoms with Crippen LogP contribution in [0.3, 0.4) is 0 Å². The first-order valence-electron chi connectivity index (χ1n) is 5.05. The maximum atomic E-state index is 11.8. The van der Waals surface area contributed by atoms with Gasteiger partial charge in [0.1, 0.15) is 11.0 Å². The first-order chi connectivity index (χ1) is 7.59. The molecular weight excluding hydrogens is 274 g/mol. The minimum atomic E-state index is -0.229. The van der Waals surface area contributed by atoms with Gasteiger partial charge in [0.2, 0.25) is 5.91 Å². The second-order valence-corrected chi connectivity index (χ2v) is 4.76. The van der Waals surface area contributed by atoms with E-state index in [4.69, 9.17) is 0 Å². The van der Waals surface area contributed by atoms with Crippen molar-refractivity contribution in [1.29, 1.82) is 0 Å². The second-order valence-electron chi connectivity index (χ2n) is 3.91. The number of amides is 1. The van der Waals surface area contributed by atoms with Crippen LogP contribution in [0.15, 0.2) is 21.8 Å². The fourth-order valence-electron chi connectivity index (χ4n) is 1.46. The van der Waals surface area contributed by atoms with Crippen LogP contribution in [0.2, 0.25) is 0 Å². The number of carbonyl (C=O) groups excluding carboxylic acids is 1. The second kappa shape index (κ2) is 4.37. The Morgan fingerprint density at radius 2 is 2.38 bits per heavy atom. The first-order valence-corrected chi connectivity index (χ1v) is 5.84. The van der Waals surface area contributed by atoms with E-state index in [1.54, 1.807) is 11.9 Å². The highest BCUT2D eigenvalue weighted by Crippen LogP contribution is 2.25. The lowest BCUT2D eigenvalue weighted by Gasteiger charge is -2.16. The molecule has 16 heavy (non-hydrogen) atoms. The fourth-order valence-corrected chi connectivity index (χ4v) is 1.81. The van der Waals surface area contributed by atoms with Crippen molar-refractivity contribution < 1.29 is 4.79 Å². The van der Waals surface area contributed by atoms with Gasteiger partial charge in [0, 0.05) is 19.3 Å². The van der Waals surface area contributed by atoms with Crippen molar-refractivity contribution in [1.82, 2.24) is 14.5 Å². The Morgan fingerprint density at radius 1 is 1.69 bits per heavy atom. The number of nitrogens with zero attached hydrogens (tertiary/aromatic N) is 3. The van der Waals surface area contributed by atoms with Gasteiger partial charge < -0.3 is 4.90 Å². The quantitative estimate of drug-likeness (QED) is 0.818. The molecule has 86 valence electrons. The molecular formula is C10H12BrN3O2. The molecule has 1 aromatic heterocycles. The predicted octanol–water partition coefficient (Wildman–Crippen LogP) is 0.627. The predicted molar refractivity (Wildman–Crippen MR) is 62.0 cm³/mol. The number of hydrogen-bond acceptors (Lipinski definition) is 3. The van der Waals surface area contributed by atoms with Crippen molar-refractivity contribution in [2.45, 2.75) is 25.4 Å². The molecule has 5 nitrogen and oxygen atoms in total. The van der Waals surface area contributed by atoms with Crippen molar-refractivity contribution in [3.05, 3.63) is 27.4 Å². The molecule has 1 saturated carbocycles. The Balaban J connectivity index is 2.11. The smallest absolute Gasteiger partial charge is 0.268 e. The van der Waals surface area contributed by atoms with Crippen LogP contribution < -0.4 is 5.56 Å². The lowest BCUT2D eigenvalue weighted by Crippen LogP contribution is -2.35. The number of carbonyl (C=O) groups is 1. The van der Waals surface area contributed by atoms with Gasteiger partial charge in [0.25, 0.3) is 5.56 Å². The normalized spacial score (nSPS) is 14.9. The SMILES string of the molecule is CN(C(=O)Cn1cncc(Br)c1=O)C1CC1. The summed E-state index contributed by atoms with van der Waals surface area (Å²) >= 11 is 3.09. The molecule has 2 rings (SSSR count). The summed E-state index contributed by atoms with van der Waals surface area (Å²) in [6, 6.07) is 0.364. The van der Waals surface area contributed by atoms with Gasteiger partial charge in [-0.1, -0.05) is 0 Å². The van der Waals surface area contributed by atoms with Crippen molar-refractivity contribution in [2.24, 2.45) is 0 Å². The molecule has 6 heteroatoms. The highest BCUT2D eigenvalue weighted by atomic mass is 79.9. The van der Waals surface area contributed by atoms with Crippen molar-refractivity contribution in [3.8, 4) is 0 Å². The minimum absolute atomic E-state index is 0.0514. The van der Waals surface area contributed by atoms with E-state index in [1.807, 2.05) is 0 Å². The Kier molecular flexibility index (Phi) is 3.09. The molecule has 1 fully saturated rings. The average molecular weight is 286 g/mol. The van der Waals surface area contributed by atoms with E-state index in [0.29, 0.717) is 10.5 Å². The van der Waals surface area contributed by atoms with Crippen LogP contribution >= 0.6 is 15.9 Å². The lowest BCUT2D eigenvalue weighted by molar-refractivity contribution is -0.131. The van der Waals surface area contributed by atoms with Crippen LogP contribution in [-0.4, -0.2) is 33.4 Å². The van der Waals surface area contributed by atoms with Crippen molar-refractivity contribution >= 4 is 21.8 Å². The zero-order valence-corrected chi connectivity index (χ0v) is 10.5. The molecule has 1 aromatic rings. The van der Waals surface area contributed by atoms with Gasteiger partial charge in [0.15, 0.2) is 0 Å². The number of aromatic nitrogens is 2. The summed E-state index contributed by atoms with van der Waals surface area (Å²) in [6.07, 6.45) is 4.93. The van der Waals surface area contributed by atoms with Gasteiger partial charge >= 0.3 is 0 Å². The van der Waals surface area contributed by atoms with Crippen LogP contribution in [0.4, 0.5) is 0 Å². The molecule has 0 saturated heterocycles. The first kappa shape index (κ1) is 11.3. The number of halogens is 1. The van der Waals surface area contributed by atoms with Gasteiger partial charge in [-0.15, -0.1) is 0 Å². The third-order valence-electron chi connectivity index (χ3n) is 2.65. The summed E-state index contributed by atoms with van der Waals surface area (Å²) in [5, 5.41) is 0. The molecule has 1 aliphatic rings. The Hall–Kier alpha value is -1.17. The summed E-state index contributed by atoms with van der Waals surface area (Å²) in [7, 11) is 1.77. The Morgan fingerprint density at radius 3 is 3.00 bits per heavy atom. The van der Waals surface area contributed by atoms with E-state index in [1.165, 1.54) is 17.1 Å². The minimum Gasteiger partial charge on any atom is -0.341 e. The largest absolute Gasteiger partial charge is 0.341 e. The molecule has 0 aliphatic heterocycles. The summed E-state index contributed by atoms with van der Waals surface area (Å²) in [5.74, 6) is -0.0514. The fraction of sp³-hybridized carbons (Fsp3) is 0.500. The van der Waals surface area contributed by atoms with Gasteiger partial charge in [0.05, 0.1) is 6.33 Å². The topological polar surface area (TPSA) is 55.2 Å². The monoisotopic (exact) mass is 285 g/mol. The molecule has 0 spiro atoms. The highest BCUT2D eigenvalue weighted by Gasteiger charge is 2.29. The van der Waals surface area contributed by atoms with Crippen LogP contribution in [0.1, 0.15) is 12.8 Å². The number of likely N-dealkylation sites (N-methyl/N-ethyl adjacent to an activating group) is 1. The van der Waals surface area contributed by atoms with Crippen LogP contribution in [0.5, 0.6) is 0 Å². The molecule has 1 amide bonds. The summed E-state index contributed by atoms with van der Waals surface area (Å²) in [6.45, 7) is 0.0538. The maximum absolute atomic E-state index is 11.8. The Bertz CT molecular complexity index is 467. The summed E-state index contributed by atoms with van der Waals surface area (Å²) in [4.78, 5) is 29.0. The number of hydrogen-bond donors (Lipinski definition) is 0. The third-order valence-corrected chi connectivity index (χ3v) is 3.20.